The fraction of sp³-hybridized carbons (Fsp3) is 0. The van der Waals surface area contributed by atoms with Crippen molar-refractivity contribution >= 4 is 40.7 Å². The zero-order chi connectivity index (χ0) is 12.4. The Kier molecular flexibility index (Phi) is 3.82. The highest BCUT2D eigenvalue weighted by molar-refractivity contribution is 7.99. The van der Waals surface area contributed by atoms with E-state index in [9.17, 15) is 4.39 Å². The van der Waals surface area contributed by atoms with Crippen LogP contribution in [0.4, 0.5) is 10.1 Å². The number of nitrogens with two attached hydrogens (primary N) is 1. The van der Waals surface area contributed by atoms with Crippen LogP contribution in [-0.4, -0.2) is 0 Å². The Morgan fingerprint density at radius 1 is 1.12 bits per heavy atom. The quantitative estimate of drug-likeness (QED) is 0.798. The van der Waals surface area contributed by atoms with E-state index in [2.05, 4.69) is 0 Å². The average Bonchev–Trinajstić information content (AvgIpc) is 2.26. The monoisotopic (exact) mass is 287 g/mol. The van der Waals surface area contributed by atoms with Gasteiger partial charge in [0.15, 0.2) is 0 Å². The topological polar surface area (TPSA) is 26.0 Å². The molecule has 1 nitrogen and oxygen atoms in total. The van der Waals surface area contributed by atoms with Crippen molar-refractivity contribution in [3.63, 3.8) is 0 Å². The molecule has 88 valence electrons. The summed E-state index contributed by atoms with van der Waals surface area (Å²) in [6, 6.07) is 10.00. The first kappa shape index (κ1) is 12.6. The molecule has 2 aromatic carbocycles. The van der Waals surface area contributed by atoms with E-state index in [1.165, 1.54) is 23.9 Å². The second kappa shape index (κ2) is 5.17. The molecule has 0 aromatic heterocycles. The predicted octanol–water partition coefficient (Wildman–Crippen LogP) is 4.87. The fourth-order valence-electron chi connectivity index (χ4n) is 1.29. The second-order valence-corrected chi connectivity index (χ2v) is 5.32. The minimum absolute atomic E-state index is 0.0259. The van der Waals surface area contributed by atoms with Crippen molar-refractivity contribution in [3.05, 3.63) is 52.3 Å². The molecule has 0 aliphatic heterocycles. The summed E-state index contributed by atoms with van der Waals surface area (Å²) in [5, 5.41) is 0.654. The number of rotatable bonds is 2. The van der Waals surface area contributed by atoms with Crippen molar-refractivity contribution in [2.24, 2.45) is 0 Å². The van der Waals surface area contributed by atoms with Crippen LogP contribution in [0.3, 0.4) is 0 Å². The minimum atomic E-state index is -0.481. The van der Waals surface area contributed by atoms with Crippen LogP contribution in [0.2, 0.25) is 10.0 Å². The summed E-state index contributed by atoms with van der Waals surface area (Å²) < 4.78 is 13.3. The molecule has 5 heteroatoms. The molecule has 0 amide bonds. The van der Waals surface area contributed by atoms with Gasteiger partial charge in [-0.25, -0.2) is 4.39 Å². The lowest BCUT2D eigenvalue weighted by atomic mass is 10.3. The van der Waals surface area contributed by atoms with Gasteiger partial charge in [-0.05, 0) is 30.3 Å². The molecule has 0 radical (unpaired) electrons. The van der Waals surface area contributed by atoms with Gasteiger partial charge < -0.3 is 5.73 Å². The maximum absolute atomic E-state index is 13.3. The summed E-state index contributed by atoms with van der Waals surface area (Å²) >= 11 is 12.8. The fourth-order valence-corrected chi connectivity index (χ4v) is 2.64. The SMILES string of the molecule is Nc1cc(Cl)c(F)cc1Sc1cccc(Cl)c1. The van der Waals surface area contributed by atoms with Gasteiger partial charge in [0, 0.05) is 20.5 Å². The molecule has 0 fully saturated rings. The van der Waals surface area contributed by atoms with E-state index in [0.29, 0.717) is 15.6 Å². The maximum atomic E-state index is 13.3. The van der Waals surface area contributed by atoms with Gasteiger partial charge in [0.05, 0.1) is 5.02 Å². The largest absolute Gasteiger partial charge is 0.398 e. The molecule has 0 atom stereocenters. The Labute approximate surface area is 113 Å². The van der Waals surface area contributed by atoms with Crippen molar-refractivity contribution in [2.45, 2.75) is 9.79 Å². The summed E-state index contributed by atoms with van der Waals surface area (Å²) in [5.41, 5.74) is 6.22. The lowest BCUT2D eigenvalue weighted by Crippen LogP contribution is -1.90. The standard InChI is InChI=1S/C12H8Cl2FNS/c13-7-2-1-3-8(4-7)17-12-6-10(15)9(14)5-11(12)16/h1-6H,16H2. The first-order valence-electron chi connectivity index (χ1n) is 4.74. The van der Waals surface area contributed by atoms with Crippen LogP contribution in [0.25, 0.3) is 0 Å². The number of nitrogen functional groups attached to an aromatic ring is 1. The van der Waals surface area contributed by atoms with Gasteiger partial charge in [-0.2, -0.15) is 0 Å². The Balaban J connectivity index is 2.33. The molecule has 0 spiro atoms. The molecule has 0 unspecified atom stereocenters. The van der Waals surface area contributed by atoms with Gasteiger partial charge >= 0.3 is 0 Å². The molecule has 2 aromatic rings. The van der Waals surface area contributed by atoms with Crippen molar-refractivity contribution in [3.8, 4) is 0 Å². The average molecular weight is 288 g/mol. The van der Waals surface area contributed by atoms with E-state index in [1.54, 1.807) is 12.1 Å². The first-order chi connectivity index (χ1) is 8.06. The smallest absolute Gasteiger partial charge is 0.143 e. The van der Waals surface area contributed by atoms with Crippen molar-refractivity contribution in [1.82, 2.24) is 0 Å². The van der Waals surface area contributed by atoms with E-state index in [4.69, 9.17) is 28.9 Å². The summed E-state index contributed by atoms with van der Waals surface area (Å²) in [5.74, 6) is -0.481. The Hall–Kier alpha value is -0.900. The molecule has 0 bridgehead atoms. The summed E-state index contributed by atoms with van der Waals surface area (Å²) in [6.07, 6.45) is 0. The molecule has 0 aliphatic carbocycles. The molecule has 0 heterocycles. The lowest BCUT2D eigenvalue weighted by Gasteiger charge is -2.07. The van der Waals surface area contributed by atoms with Crippen molar-refractivity contribution < 1.29 is 4.39 Å². The molecule has 2 rings (SSSR count). The summed E-state index contributed by atoms with van der Waals surface area (Å²) in [4.78, 5) is 1.51. The number of hydrogen-bond donors (Lipinski definition) is 1. The van der Waals surface area contributed by atoms with Crippen LogP contribution in [-0.2, 0) is 0 Å². The van der Waals surface area contributed by atoms with E-state index in [-0.39, 0.29) is 5.02 Å². The van der Waals surface area contributed by atoms with E-state index in [0.717, 1.165) is 4.90 Å². The minimum Gasteiger partial charge on any atom is -0.398 e. The zero-order valence-electron chi connectivity index (χ0n) is 8.58. The lowest BCUT2D eigenvalue weighted by molar-refractivity contribution is 0.625. The van der Waals surface area contributed by atoms with Crippen molar-refractivity contribution in [1.29, 1.82) is 0 Å². The van der Waals surface area contributed by atoms with E-state index >= 15 is 0 Å². The van der Waals surface area contributed by atoms with Gasteiger partial charge in [-0.1, -0.05) is 41.0 Å². The summed E-state index contributed by atoms with van der Waals surface area (Å²) in [7, 11) is 0. The third-order valence-electron chi connectivity index (χ3n) is 2.08. The maximum Gasteiger partial charge on any atom is 0.143 e. The second-order valence-electron chi connectivity index (χ2n) is 3.36. The van der Waals surface area contributed by atoms with E-state index < -0.39 is 5.82 Å². The van der Waals surface area contributed by atoms with Gasteiger partial charge in [0.2, 0.25) is 0 Å². The predicted molar refractivity (Wildman–Crippen MR) is 71.4 cm³/mol. The highest BCUT2D eigenvalue weighted by Gasteiger charge is 2.08. The van der Waals surface area contributed by atoms with Crippen LogP contribution < -0.4 is 5.73 Å². The number of hydrogen-bond acceptors (Lipinski definition) is 2. The zero-order valence-corrected chi connectivity index (χ0v) is 10.9. The molecule has 0 aliphatic rings. The molecule has 17 heavy (non-hydrogen) atoms. The molecule has 0 saturated carbocycles. The third kappa shape index (κ3) is 3.06. The van der Waals surface area contributed by atoms with Crippen LogP contribution >= 0.6 is 35.0 Å². The van der Waals surface area contributed by atoms with Crippen LogP contribution in [0.5, 0.6) is 0 Å². The van der Waals surface area contributed by atoms with Gasteiger partial charge in [-0.3, -0.25) is 0 Å². The van der Waals surface area contributed by atoms with Gasteiger partial charge in [0.25, 0.3) is 0 Å². The van der Waals surface area contributed by atoms with Crippen LogP contribution in [0.15, 0.2) is 46.2 Å². The molecular formula is C12H8Cl2FNS. The Morgan fingerprint density at radius 3 is 2.59 bits per heavy atom. The molecule has 0 saturated heterocycles. The first-order valence-corrected chi connectivity index (χ1v) is 6.31. The Bertz CT molecular complexity index is 560. The van der Waals surface area contributed by atoms with Gasteiger partial charge in [0.1, 0.15) is 5.82 Å². The molecule has 2 N–H and O–H groups in total. The third-order valence-corrected chi connectivity index (χ3v) is 3.66. The number of benzene rings is 2. The van der Waals surface area contributed by atoms with Crippen molar-refractivity contribution in [2.75, 3.05) is 5.73 Å². The van der Waals surface area contributed by atoms with E-state index in [1.807, 2.05) is 12.1 Å². The summed E-state index contributed by atoms with van der Waals surface area (Å²) in [6.45, 7) is 0. The normalized spacial score (nSPS) is 10.5. The van der Waals surface area contributed by atoms with Gasteiger partial charge in [-0.15, -0.1) is 0 Å². The van der Waals surface area contributed by atoms with Crippen LogP contribution in [0.1, 0.15) is 0 Å². The molecular weight excluding hydrogens is 280 g/mol. The van der Waals surface area contributed by atoms with Crippen LogP contribution in [0, 0.1) is 5.82 Å². The highest BCUT2D eigenvalue weighted by atomic mass is 35.5. The Morgan fingerprint density at radius 2 is 1.88 bits per heavy atom. The highest BCUT2D eigenvalue weighted by Crippen LogP contribution is 2.35. The number of anilines is 1. The number of halogens is 3.